The number of amidine groups is 1. The van der Waals surface area contributed by atoms with Gasteiger partial charge in [-0.15, -0.1) is 0 Å². The number of nitriles is 1. The van der Waals surface area contributed by atoms with Crippen molar-refractivity contribution in [2.75, 3.05) is 44.6 Å². The van der Waals surface area contributed by atoms with Crippen molar-refractivity contribution in [2.45, 2.75) is 51.0 Å². The summed E-state index contributed by atoms with van der Waals surface area (Å²) in [5, 5.41) is 14.7. The van der Waals surface area contributed by atoms with E-state index in [0.717, 1.165) is 57.0 Å². The zero-order valence-corrected chi connectivity index (χ0v) is 22.8. The molecule has 2 N–H and O–H groups in total. The molecule has 3 saturated heterocycles. The standard InChI is InChI=1S/C28H34ClN7O3/c29-21-17-31-25-19(21)8-7-10-22(25)32-26(20(16-30)27(38)35-13-5-6-14-35)33-23-9-1-2-15-36(28(23)39)18-24(37)34-11-3-4-12-34/h7-8,10,17,20,23,31H,1-6,9,11-15,18H2,(H,32,33)/t20?,23-/m0/s1. The van der Waals surface area contributed by atoms with Gasteiger partial charge in [0, 0.05) is 44.3 Å². The van der Waals surface area contributed by atoms with Crippen LogP contribution in [0.2, 0.25) is 5.02 Å². The van der Waals surface area contributed by atoms with Gasteiger partial charge in [-0.05, 0) is 51.0 Å². The number of carbonyl (C=O) groups is 3. The molecule has 1 unspecified atom stereocenters. The molecule has 0 bridgehead atoms. The van der Waals surface area contributed by atoms with Gasteiger partial charge < -0.3 is 25.0 Å². The number of benzene rings is 1. The first-order valence-corrected chi connectivity index (χ1v) is 14.2. The molecule has 10 nitrogen and oxygen atoms in total. The lowest BCUT2D eigenvalue weighted by atomic mass is 10.1. The third-order valence-corrected chi connectivity index (χ3v) is 8.14. The van der Waals surface area contributed by atoms with E-state index in [4.69, 9.17) is 16.6 Å². The number of carbonyl (C=O) groups excluding carboxylic acids is 3. The van der Waals surface area contributed by atoms with Gasteiger partial charge in [-0.3, -0.25) is 19.4 Å². The minimum atomic E-state index is -1.19. The van der Waals surface area contributed by atoms with Gasteiger partial charge in [-0.1, -0.05) is 23.7 Å². The summed E-state index contributed by atoms with van der Waals surface area (Å²) in [7, 11) is 0. The third-order valence-electron chi connectivity index (χ3n) is 7.83. The van der Waals surface area contributed by atoms with E-state index >= 15 is 0 Å². The molecular weight excluding hydrogens is 518 g/mol. The number of amides is 3. The first-order chi connectivity index (χ1) is 19.0. The molecule has 0 aliphatic carbocycles. The van der Waals surface area contributed by atoms with Crippen LogP contribution in [0, 0.1) is 17.2 Å². The number of likely N-dealkylation sites (tertiary alicyclic amines) is 3. The summed E-state index contributed by atoms with van der Waals surface area (Å²) in [5.41, 5.74) is 1.32. The molecule has 39 heavy (non-hydrogen) atoms. The highest BCUT2D eigenvalue weighted by molar-refractivity contribution is 6.36. The number of aliphatic imine (C=N–C) groups is 1. The highest BCUT2D eigenvalue weighted by Crippen LogP contribution is 2.29. The number of nitrogens with one attached hydrogen (secondary N) is 2. The number of nitrogens with zero attached hydrogens (tertiary/aromatic N) is 5. The summed E-state index contributed by atoms with van der Waals surface area (Å²) in [6, 6.07) is 6.87. The fraction of sp³-hybridized carbons (Fsp3) is 0.536. The van der Waals surface area contributed by atoms with Crippen LogP contribution in [0.1, 0.15) is 44.9 Å². The second-order valence-corrected chi connectivity index (χ2v) is 10.9. The van der Waals surface area contributed by atoms with E-state index in [2.05, 4.69) is 16.4 Å². The van der Waals surface area contributed by atoms with Crippen LogP contribution >= 0.6 is 11.6 Å². The lowest BCUT2D eigenvalue weighted by Crippen LogP contribution is -2.45. The molecule has 3 aliphatic heterocycles. The maximum Gasteiger partial charge on any atom is 0.247 e. The maximum atomic E-state index is 13.7. The number of aromatic nitrogens is 1. The van der Waals surface area contributed by atoms with E-state index in [-0.39, 0.29) is 30.1 Å². The van der Waals surface area contributed by atoms with Crippen molar-refractivity contribution >= 4 is 51.7 Å². The fourth-order valence-electron chi connectivity index (χ4n) is 5.65. The van der Waals surface area contributed by atoms with Crippen LogP contribution in [0.25, 0.3) is 10.9 Å². The van der Waals surface area contributed by atoms with E-state index in [1.165, 1.54) is 0 Å². The van der Waals surface area contributed by atoms with Crippen molar-refractivity contribution in [3.8, 4) is 6.07 Å². The quantitative estimate of drug-likeness (QED) is 0.420. The molecule has 5 rings (SSSR count). The lowest BCUT2D eigenvalue weighted by Gasteiger charge is -2.26. The van der Waals surface area contributed by atoms with Crippen molar-refractivity contribution in [2.24, 2.45) is 10.9 Å². The molecule has 1 aromatic carbocycles. The van der Waals surface area contributed by atoms with Gasteiger partial charge in [0.05, 0.1) is 28.8 Å². The Morgan fingerprint density at radius 1 is 1.08 bits per heavy atom. The summed E-state index contributed by atoms with van der Waals surface area (Å²) in [6.07, 6.45) is 7.43. The number of halogens is 1. The second kappa shape index (κ2) is 12.1. The molecule has 11 heteroatoms. The van der Waals surface area contributed by atoms with Gasteiger partial charge in [-0.25, -0.2) is 0 Å². The third kappa shape index (κ3) is 5.88. The van der Waals surface area contributed by atoms with Crippen LogP contribution in [0.15, 0.2) is 29.4 Å². The minimum absolute atomic E-state index is 0.0300. The predicted octanol–water partition coefficient (Wildman–Crippen LogP) is 3.40. The Bertz CT molecular complexity index is 1300. The summed E-state index contributed by atoms with van der Waals surface area (Å²) >= 11 is 6.32. The minimum Gasteiger partial charge on any atom is -0.358 e. The van der Waals surface area contributed by atoms with Gasteiger partial charge in [0.2, 0.25) is 17.7 Å². The van der Waals surface area contributed by atoms with E-state index in [9.17, 15) is 19.6 Å². The van der Waals surface area contributed by atoms with Gasteiger partial charge in [0.15, 0.2) is 5.92 Å². The average Bonchev–Trinajstić information content (AvgIpc) is 3.71. The van der Waals surface area contributed by atoms with E-state index < -0.39 is 12.0 Å². The van der Waals surface area contributed by atoms with Gasteiger partial charge in [-0.2, -0.15) is 5.26 Å². The summed E-state index contributed by atoms with van der Waals surface area (Å²) in [6.45, 7) is 3.17. The molecule has 3 fully saturated rings. The number of H-pyrrole nitrogens is 1. The number of para-hydroxylation sites is 1. The Balaban J connectivity index is 1.46. The molecule has 3 aliphatic rings. The first-order valence-electron chi connectivity index (χ1n) is 13.8. The molecule has 206 valence electrons. The first kappa shape index (κ1) is 27.0. The van der Waals surface area contributed by atoms with Gasteiger partial charge in [0.1, 0.15) is 11.9 Å². The zero-order valence-electron chi connectivity index (χ0n) is 22.0. The second-order valence-electron chi connectivity index (χ2n) is 10.5. The number of hydrogen-bond acceptors (Lipinski definition) is 5. The maximum absolute atomic E-state index is 13.7. The summed E-state index contributed by atoms with van der Waals surface area (Å²) < 4.78 is 0. The molecule has 2 aromatic rings. The number of aromatic amines is 1. The molecular formula is C28H34ClN7O3. The number of fused-ring (bicyclic) bond motifs is 1. The molecule has 0 saturated carbocycles. The van der Waals surface area contributed by atoms with Crippen LogP contribution in [0.3, 0.4) is 0 Å². The van der Waals surface area contributed by atoms with Crippen LogP contribution < -0.4 is 5.32 Å². The summed E-state index contributed by atoms with van der Waals surface area (Å²) in [5.74, 6) is -1.66. The zero-order chi connectivity index (χ0) is 27.4. The number of anilines is 1. The van der Waals surface area contributed by atoms with Crippen LogP contribution in [0.4, 0.5) is 5.69 Å². The van der Waals surface area contributed by atoms with Crippen molar-refractivity contribution in [1.29, 1.82) is 5.26 Å². The summed E-state index contributed by atoms with van der Waals surface area (Å²) in [4.78, 5) is 52.9. The van der Waals surface area contributed by atoms with Crippen molar-refractivity contribution in [3.05, 3.63) is 29.4 Å². The van der Waals surface area contributed by atoms with E-state index in [1.54, 1.807) is 16.0 Å². The SMILES string of the molecule is N#CC(C(=O)N1CCCC1)C(=N[C@H]1CCCCN(CC(=O)N2CCCC2)C1=O)Nc1cccc2c(Cl)c[nH]c12. The van der Waals surface area contributed by atoms with Gasteiger partial charge in [0.25, 0.3) is 0 Å². The van der Waals surface area contributed by atoms with Crippen LogP contribution in [0.5, 0.6) is 0 Å². The molecule has 0 radical (unpaired) electrons. The van der Waals surface area contributed by atoms with Gasteiger partial charge >= 0.3 is 0 Å². The average molecular weight is 552 g/mol. The number of hydrogen-bond donors (Lipinski definition) is 2. The smallest absolute Gasteiger partial charge is 0.247 e. The normalized spacial score (nSPS) is 21.2. The Morgan fingerprint density at radius 2 is 1.77 bits per heavy atom. The Labute approximate surface area is 233 Å². The monoisotopic (exact) mass is 551 g/mol. The van der Waals surface area contributed by atoms with E-state index in [1.807, 2.05) is 23.1 Å². The molecule has 2 atom stereocenters. The molecule has 1 aromatic heterocycles. The number of rotatable bonds is 6. The molecule has 4 heterocycles. The Kier molecular flexibility index (Phi) is 8.36. The fourth-order valence-corrected chi connectivity index (χ4v) is 5.87. The van der Waals surface area contributed by atoms with Crippen LogP contribution in [-0.2, 0) is 14.4 Å². The van der Waals surface area contributed by atoms with E-state index in [0.29, 0.717) is 42.3 Å². The van der Waals surface area contributed by atoms with Crippen molar-refractivity contribution < 1.29 is 14.4 Å². The predicted molar refractivity (Wildman–Crippen MR) is 149 cm³/mol. The Hall–Kier alpha value is -3.58. The highest BCUT2D eigenvalue weighted by atomic mass is 35.5. The Morgan fingerprint density at radius 3 is 2.49 bits per heavy atom. The largest absolute Gasteiger partial charge is 0.358 e. The van der Waals surface area contributed by atoms with Crippen molar-refractivity contribution in [1.82, 2.24) is 19.7 Å². The van der Waals surface area contributed by atoms with Crippen LogP contribution in [-0.4, -0.2) is 88.6 Å². The molecule has 0 spiro atoms. The topological polar surface area (TPSA) is 125 Å². The highest BCUT2D eigenvalue weighted by Gasteiger charge is 2.35. The lowest BCUT2D eigenvalue weighted by molar-refractivity contribution is -0.140. The van der Waals surface area contributed by atoms with Crippen molar-refractivity contribution in [3.63, 3.8) is 0 Å². The molecule has 3 amide bonds.